The largest absolute Gasteiger partial charge is 0.497 e. The third kappa shape index (κ3) is 4.29. The van der Waals surface area contributed by atoms with Gasteiger partial charge in [-0.3, -0.25) is 4.79 Å². The van der Waals surface area contributed by atoms with Gasteiger partial charge in [-0.2, -0.15) is 0 Å². The molecule has 7 heteroatoms. The fraction of sp³-hybridized carbons (Fsp3) is 0.227. The molecule has 0 radical (unpaired) electrons. The summed E-state index contributed by atoms with van der Waals surface area (Å²) in [5.74, 6) is 1.96. The lowest BCUT2D eigenvalue weighted by Gasteiger charge is -2.18. The topological polar surface area (TPSA) is 76.6 Å². The highest BCUT2D eigenvalue weighted by molar-refractivity contribution is 5.93. The standard InChI is InChI=1S/C22H22N4O3/c1-28-17-6-8-18(9-7-17)29-13-11-23-22(27)19-14-21(25-15-24-19)26-12-10-16-4-2-3-5-20(16)26/h2-9,14-15H,10-13H2,1H3,(H,23,27). The van der Waals surface area contributed by atoms with Crippen molar-refractivity contribution in [3.63, 3.8) is 0 Å². The van der Waals surface area contributed by atoms with E-state index in [0.717, 1.165) is 36.0 Å². The highest BCUT2D eigenvalue weighted by Crippen LogP contribution is 2.32. The third-order valence-electron chi connectivity index (χ3n) is 4.76. The van der Waals surface area contributed by atoms with E-state index >= 15 is 0 Å². The van der Waals surface area contributed by atoms with Crippen molar-refractivity contribution in [2.24, 2.45) is 0 Å². The molecule has 0 bridgehead atoms. The van der Waals surface area contributed by atoms with Gasteiger partial charge in [-0.15, -0.1) is 0 Å². The molecule has 2 heterocycles. The zero-order valence-corrected chi connectivity index (χ0v) is 16.2. The Morgan fingerprint density at radius 3 is 2.72 bits per heavy atom. The summed E-state index contributed by atoms with van der Waals surface area (Å²) in [5.41, 5.74) is 2.75. The van der Waals surface area contributed by atoms with Crippen LogP contribution in [0.1, 0.15) is 16.1 Å². The Bertz CT molecular complexity index is 991. The van der Waals surface area contributed by atoms with Gasteiger partial charge in [-0.05, 0) is 42.3 Å². The van der Waals surface area contributed by atoms with Crippen molar-refractivity contribution in [1.82, 2.24) is 15.3 Å². The van der Waals surface area contributed by atoms with E-state index in [4.69, 9.17) is 9.47 Å². The van der Waals surface area contributed by atoms with Crippen LogP contribution in [0.15, 0.2) is 60.9 Å². The Morgan fingerprint density at radius 1 is 1.10 bits per heavy atom. The number of carbonyl (C=O) groups is 1. The van der Waals surface area contributed by atoms with Crippen LogP contribution in [0.25, 0.3) is 0 Å². The number of amides is 1. The second kappa shape index (κ2) is 8.60. The number of nitrogens with zero attached hydrogens (tertiary/aromatic N) is 3. The fourth-order valence-electron chi connectivity index (χ4n) is 3.29. The van der Waals surface area contributed by atoms with Gasteiger partial charge in [0.15, 0.2) is 0 Å². The van der Waals surface area contributed by atoms with Gasteiger partial charge in [0.1, 0.15) is 35.9 Å². The number of hydrogen-bond donors (Lipinski definition) is 1. The van der Waals surface area contributed by atoms with Gasteiger partial charge in [0.2, 0.25) is 0 Å². The van der Waals surface area contributed by atoms with Crippen LogP contribution in [0.3, 0.4) is 0 Å². The van der Waals surface area contributed by atoms with Crippen LogP contribution in [0.4, 0.5) is 11.5 Å². The summed E-state index contributed by atoms with van der Waals surface area (Å²) >= 11 is 0. The number of aromatic nitrogens is 2. The predicted molar refractivity (Wildman–Crippen MR) is 110 cm³/mol. The Balaban J connectivity index is 1.33. The summed E-state index contributed by atoms with van der Waals surface area (Å²) in [6.07, 6.45) is 2.39. The first-order chi connectivity index (χ1) is 14.2. The first kappa shape index (κ1) is 18.7. The van der Waals surface area contributed by atoms with Crippen LogP contribution in [0.5, 0.6) is 11.5 Å². The van der Waals surface area contributed by atoms with Crippen molar-refractivity contribution in [2.75, 3.05) is 31.7 Å². The van der Waals surface area contributed by atoms with Gasteiger partial charge in [0, 0.05) is 18.3 Å². The average molecular weight is 390 g/mol. The molecule has 0 fully saturated rings. The summed E-state index contributed by atoms with van der Waals surface area (Å²) in [7, 11) is 1.62. The number of carbonyl (C=O) groups excluding carboxylic acids is 1. The second-order valence-corrected chi connectivity index (χ2v) is 6.57. The SMILES string of the molecule is COc1ccc(OCCNC(=O)c2cc(N3CCc4ccccc43)ncn2)cc1. The minimum atomic E-state index is -0.250. The molecule has 1 aromatic heterocycles. The molecule has 3 aromatic rings. The molecule has 0 spiro atoms. The number of ether oxygens (including phenoxy) is 2. The lowest BCUT2D eigenvalue weighted by Crippen LogP contribution is -2.29. The van der Waals surface area contributed by atoms with Crippen molar-refractivity contribution in [3.8, 4) is 11.5 Å². The number of nitrogens with one attached hydrogen (secondary N) is 1. The fourth-order valence-corrected chi connectivity index (χ4v) is 3.29. The molecule has 1 N–H and O–H groups in total. The Labute approximate surface area is 169 Å². The molecule has 29 heavy (non-hydrogen) atoms. The smallest absolute Gasteiger partial charge is 0.270 e. The van der Waals surface area contributed by atoms with E-state index in [2.05, 4.69) is 32.3 Å². The number of hydrogen-bond acceptors (Lipinski definition) is 6. The van der Waals surface area contributed by atoms with Gasteiger partial charge >= 0.3 is 0 Å². The first-order valence-electron chi connectivity index (χ1n) is 9.47. The van der Waals surface area contributed by atoms with Crippen molar-refractivity contribution in [2.45, 2.75) is 6.42 Å². The van der Waals surface area contributed by atoms with Crippen LogP contribution in [0.2, 0.25) is 0 Å². The second-order valence-electron chi connectivity index (χ2n) is 6.57. The van der Waals surface area contributed by atoms with E-state index in [1.165, 1.54) is 11.9 Å². The molecule has 0 aliphatic carbocycles. The normalized spacial score (nSPS) is 12.4. The summed E-state index contributed by atoms with van der Waals surface area (Å²) in [5, 5.41) is 2.83. The van der Waals surface area contributed by atoms with Crippen LogP contribution in [0, 0.1) is 0 Å². The predicted octanol–water partition coefficient (Wildman–Crippen LogP) is 2.99. The maximum absolute atomic E-state index is 12.5. The third-order valence-corrected chi connectivity index (χ3v) is 4.76. The number of fused-ring (bicyclic) bond motifs is 1. The number of para-hydroxylation sites is 1. The molecule has 1 aliphatic heterocycles. The zero-order chi connectivity index (χ0) is 20.1. The Hall–Kier alpha value is -3.61. The molecule has 1 aliphatic rings. The van der Waals surface area contributed by atoms with Crippen LogP contribution in [-0.2, 0) is 6.42 Å². The molecule has 2 aromatic carbocycles. The van der Waals surface area contributed by atoms with Crippen molar-refractivity contribution < 1.29 is 14.3 Å². The maximum Gasteiger partial charge on any atom is 0.270 e. The van der Waals surface area contributed by atoms with Gasteiger partial charge in [0.25, 0.3) is 5.91 Å². The van der Waals surface area contributed by atoms with E-state index < -0.39 is 0 Å². The average Bonchev–Trinajstić information content (AvgIpc) is 3.21. The number of methoxy groups -OCH3 is 1. The van der Waals surface area contributed by atoms with Crippen LogP contribution in [-0.4, -0.2) is 42.7 Å². The number of benzene rings is 2. The minimum Gasteiger partial charge on any atom is -0.497 e. The summed E-state index contributed by atoms with van der Waals surface area (Å²) < 4.78 is 10.7. The van der Waals surface area contributed by atoms with Crippen LogP contribution < -0.4 is 19.7 Å². The molecular weight excluding hydrogens is 368 g/mol. The number of anilines is 2. The van der Waals surface area contributed by atoms with Gasteiger partial charge < -0.3 is 19.7 Å². The van der Waals surface area contributed by atoms with Crippen molar-refractivity contribution in [1.29, 1.82) is 0 Å². The monoisotopic (exact) mass is 390 g/mol. The highest BCUT2D eigenvalue weighted by Gasteiger charge is 2.21. The molecule has 148 valence electrons. The Kier molecular flexibility index (Phi) is 5.56. The molecule has 0 saturated heterocycles. The van der Waals surface area contributed by atoms with E-state index in [1.807, 2.05) is 36.4 Å². The molecule has 0 saturated carbocycles. The quantitative estimate of drug-likeness (QED) is 0.625. The van der Waals surface area contributed by atoms with E-state index in [1.54, 1.807) is 13.2 Å². The lowest BCUT2D eigenvalue weighted by molar-refractivity contribution is 0.0942. The maximum atomic E-state index is 12.5. The van der Waals surface area contributed by atoms with Crippen molar-refractivity contribution >= 4 is 17.4 Å². The van der Waals surface area contributed by atoms with E-state index in [0.29, 0.717) is 18.8 Å². The van der Waals surface area contributed by atoms with Gasteiger partial charge in [-0.1, -0.05) is 18.2 Å². The summed E-state index contributed by atoms with van der Waals surface area (Å²) in [6.45, 7) is 1.57. The summed E-state index contributed by atoms with van der Waals surface area (Å²) in [4.78, 5) is 23.0. The van der Waals surface area contributed by atoms with Gasteiger partial charge in [0.05, 0.1) is 13.7 Å². The highest BCUT2D eigenvalue weighted by atomic mass is 16.5. The molecule has 0 unspecified atom stereocenters. The Morgan fingerprint density at radius 2 is 1.90 bits per heavy atom. The lowest BCUT2D eigenvalue weighted by atomic mass is 10.2. The molecule has 7 nitrogen and oxygen atoms in total. The summed E-state index contributed by atoms with van der Waals surface area (Å²) in [6, 6.07) is 17.3. The molecular formula is C22H22N4O3. The van der Waals surface area contributed by atoms with E-state index in [-0.39, 0.29) is 5.91 Å². The van der Waals surface area contributed by atoms with Gasteiger partial charge in [-0.25, -0.2) is 9.97 Å². The van der Waals surface area contributed by atoms with Crippen LogP contribution >= 0.6 is 0 Å². The first-order valence-corrected chi connectivity index (χ1v) is 9.47. The van der Waals surface area contributed by atoms with Crippen molar-refractivity contribution in [3.05, 3.63) is 72.2 Å². The minimum absolute atomic E-state index is 0.250. The zero-order valence-electron chi connectivity index (χ0n) is 16.2. The molecule has 1 amide bonds. The molecule has 4 rings (SSSR count). The number of rotatable bonds is 7. The van der Waals surface area contributed by atoms with E-state index in [9.17, 15) is 4.79 Å². The molecule has 0 atom stereocenters.